The van der Waals surface area contributed by atoms with E-state index in [1.165, 1.54) is 205 Å². The van der Waals surface area contributed by atoms with E-state index in [0.29, 0.717) is 0 Å². The summed E-state index contributed by atoms with van der Waals surface area (Å²) in [6.07, 6.45) is 76.2. The van der Waals surface area contributed by atoms with Crippen LogP contribution in [-0.4, -0.2) is 161 Å². The first-order chi connectivity index (χ1) is 55.4. The molecule has 688 valence electrons. The van der Waals surface area contributed by atoms with Gasteiger partial charge in [0.1, 0.15) is 50.8 Å². The van der Waals surface area contributed by atoms with Gasteiger partial charge in [-0.2, -0.15) is 0 Å². The van der Waals surface area contributed by atoms with E-state index >= 15 is 0 Å². The Morgan fingerprint density at radius 3 is 0.491 bits per heavy atom. The maximum atomic E-state index is 11.6. The van der Waals surface area contributed by atoms with Gasteiger partial charge >= 0.3 is 55.2 Å². The predicted octanol–water partition coefficient (Wildman–Crippen LogP) is 20.1. The van der Waals surface area contributed by atoms with E-state index in [1.54, 1.807) is 0 Å². The summed E-state index contributed by atoms with van der Waals surface area (Å²) in [6, 6.07) is 0. The Bertz CT molecular complexity index is 2520. The van der Waals surface area contributed by atoms with E-state index in [9.17, 15) is 57.9 Å². The van der Waals surface area contributed by atoms with Crippen LogP contribution in [-0.2, 0) is 74.5 Å². The van der Waals surface area contributed by atoms with Crippen molar-refractivity contribution in [1.29, 1.82) is 0 Å². The average molecular weight is 1750 g/mol. The fourth-order valence-electron chi connectivity index (χ4n) is 11.3. The number of carbonyl (C=O) groups excluding carboxylic acids is 4. The number of rotatable bonds is 80. The lowest BCUT2D eigenvalue weighted by atomic mass is 10.1. The summed E-state index contributed by atoms with van der Waals surface area (Å²) in [7, 11) is -18.5. The smallest absolute Gasteiger partial charge is 0.463 e. The van der Waals surface area contributed by atoms with Crippen LogP contribution in [0, 0.1) is 0 Å². The summed E-state index contributed by atoms with van der Waals surface area (Å²) in [5.41, 5.74) is 0. The maximum absolute atomic E-state index is 11.6. The average Bonchev–Trinajstić information content (AvgIpc) is 0.975. The number of unbranched alkanes of at least 4 members (excludes halogenated alkanes) is 44. The fraction of sp³-hybridized carbons (Fsp3) is 0.857. The SMILES string of the molecule is CCCCCC/C=C\CCCCCCCC(=O)OC[C@@H](O)COP(=O)(O)O.CCCCCCC/C=C\CCCCCCCC(=O)OC[C@@H](O)COP(=O)(O)O.CCCCCCCCC/C=C\CCCCCCCC(=O)OC[C@@H](O)COP(=O)(O)O.CCCCCCCCCC/C=C\CCCCCCCC(=O)OC[C@@H](O)COP(=O)(O)O. The number of hydrogen-bond acceptors (Lipinski definition) is 20. The highest BCUT2D eigenvalue weighted by Gasteiger charge is 2.22. The lowest BCUT2D eigenvalue weighted by Crippen LogP contribution is -2.23. The molecule has 0 saturated heterocycles. The van der Waals surface area contributed by atoms with Crippen molar-refractivity contribution in [2.75, 3.05) is 52.9 Å². The summed E-state index contributed by atoms with van der Waals surface area (Å²) in [5.74, 6) is -1.68. The molecule has 12 N–H and O–H groups in total. The molecule has 32 heteroatoms. The predicted molar refractivity (Wildman–Crippen MR) is 458 cm³/mol. The monoisotopic (exact) mass is 1750 g/mol. The summed E-state index contributed by atoms with van der Waals surface area (Å²) in [4.78, 5) is 114. The third-order valence-corrected chi connectivity index (χ3v) is 20.0. The topological polar surface area (TPSA) is 453 Å². The molecule has 116 heavy (non-hydrogen) atoms. The van der Waals surface area contributed by atoms with Gasteiger partial charge in [0, 0.05) is 25.7 Å². The van der Waals surface area contributed by atoms with Crippen molar-refractivity contribution >= 4 is 55.2 Å². The van der Waals surface area contributed by atoms with Crippen molar-refractivity contribution in [3.05, 3.63) is 48.6 Å². The molecule has 0 aromatic carbocycles. The highest BCUT2D eigenvalue weighted by molar-refractivity contribution is 7.47. The van der Waals surface area contributed by atoms with Gasteiger partial charge in [-0.25, -0.2) is 18.3 Å². The number of phosphoric acid groups is 4. The molecule has 0 spiro atoms. The van der Waals surface area contributed by atoms with Crippen LogP contribution >= 0.6 is 31.3 Å². The molecule has 0 saturated carbocycles. The normalized spacial score (nSPS) is 13.1. The highest BCUT2D eigenvalue weighted by atomic mass is 31.2. The number of phosphoric ester groups is 4. The minimum atomic E-state index is -4.62. The van der Waals surface area contributed by atoms with Crippen LogP contribution in [0.4, 0.5) is 0 Å². The molecule has 0 bridgehead atoms. The number of allylic oxidation sites excluding steroid dienone is 8. The lowest BCUT2D eigenvalue weighted by Gasteiger charge is -2.12. The second kappa shape index (κ2) is 88.4. The summed E-state index contributed by atoms with van der Waals surface area (Å²) < 4.78 is 77.9. The Balaban J connectivity index is -0.000000722. The van der Waals surface area contributed by atoms with Crippen molar-refractivity contribution in [3.8, 4) is 0 Å². The summed E-state index contributed by atoms with van der Waals surface area (Å²) in [5, 5.41) is 37.7. The maximum Gasteiger partial charge on any atom is 0.469 e. The van der Waals surface area contributed by atoms with E-state index in [2.05, 4.69) is 94.4 Å². The molecule has 0 aromatic rings. The van der Waals surface area contributed by atoms with Crippen molar-refractivity contribution in [1.82, 2.24) is 0 Å². The largest absolute Gasteiger partial charge is 0.469 e. The first kappa shape index (κ1) is 119. The summed E-state index contributed by atoms with van der Waals surface area (Å²) in [6.45, 7) is 5.32. The van der Waals surface area contributed by atoms with E-state index in [1.807, 2.05) is 0 Å². The minimum absolute atomic E-state index is 0.281. The van der Waals surface area contributed by atoms with Crippen LogP contribution < -0.4 is 0 Å². The summed E-state index contributed by atoms with van der Waals surface area (Å²) >= 11 is 0. The molecule has 4 atom stereocenters. The zero-order chi connectivity index (χ0) is 87.2. The Labute approximate surface area is 699 Å². The van der Waals surface area contributed by atoms with E-state index < -0.39 is 106 Å². The zero-order valence-electron chi connectivity index (χ0n) is 71.9. The quantitative estimate of drug-likeness (QED) is 0.00884. The molecule has 0 radical (unpaired) electrons. The van der Waals surface area contributed by atoms with E-state index in [0.717, 1.165) is 128 Å². The molecular formula is C84H164O28P4. The highest BCUT2D eigenvalue weighted by Crippen LogP contribution is 2.38. The van der Waals surface area contributed by atoms with Gasteiger partial charge in [0.25, 0.3) is 0 Å². The molecule has 0 aromatic heterocycles. The molecule has 0 aliphatic rings. The van der Waals surface area contributed by atoms with Gasteiger partial charge in [-0.1, -0.05) is 282 Å². The van der Waals surface area contributed by atoms with E-state index in [4.69, 9.17) is 58.1 Å². The van der Waals surface area contributed by atoms with Gasteiger partial charge < -0.3 is 78.5 Å². The number of aliphatic hydroxyl groups excluding tert-OH is 4. The van der Waals surface area contributed by atoms with Gasteiger partial charge in [-0.3, -0.25) is 37.3 Å². The molecule has 0 amide bonds. The van der Waals surface area contributed by atoms with Crippen LogP contribution in [0.2, 0.25) is 0 Å². The Morgan fingerprint density at radius 2 is 0.345 bits per heavy atom. The number of hydrogen-bond donors (Lipinski definition) is 12. The standard InChI is InChI=1S/C23H45O7P.C22H43O7P.C20H39O7P.C19H37O7P/c1-2-3-4-5-6-7-8-9-10-11-12-13-14-15-16-17-18-19-23(25)29-20-22(24)21-30-31(26,27)28;1-2-3-4-5-6-7-8-9-10-11-12-13-14-15-16-17-18-22(24)28-19-21(23)20-29-30(25,26)27;1-2-3-4-5-6-7-8-9-10-11-12-13-14-15-16-20(22)26-17-19(21)18-27-28(23,24)25;1-2-3-4-5-6-7-8-9-10-11-12-13-14-15-19(21)25-16-18(20)17-26-27(22,23)24/h11-12,22,24H,2-10,13-21H2,1H3,(H2,26,27,28);10-11,21,23H,2-9,12-20H2,1H3,(H2,25,26,27);8-9,19,21H,2-7,10-18H2,1H3,(H2,23,24,25);7-8,18,20H,2-6,9-17H2,1H3,(H2,22,23,24)/b12-11-;11-10-;9-8-;8-7-/t22-;21-;19-;18-/m1111/s1. The third kappa shape index (κ3) is 113. The van der Waals surface area contributed by atoms with Gasteiger partial charge in [0.05, 0.1) is 26.4 Å². The Kier molecular flexibility index (Phi) is 91.0. The van der Waals surface area contributed by atoms with Crippen molar-refractivity contribution in [3.63, 3.8) is 0 Å². The molecule has 0 unspecified atom stereocenters. The molecular weight excluding hydrogens is 1580 g/mol. The fourth-order valence-corrected chi connectivity index (χ4v) is 12.8. The van der Waals surface area contributed by atoms with Crippen molar-refractivity contribution in [2.45, 2.75) is 412 Å². The van der Waals surface area contributed by atoms with Crippen LogP contribution in [0.15, 0.2) is 48.6 Å². The number of esters is 4. The molecule has 0 fully saturated rings. The second-order valence-corrected chi connectivity index (χ2v) is 34.8. The Hall–Kier alpha value is -2.88. The molecule has 0 heterocycles. The van der Waals surface area contributed by atoms with Crippen LogP contribution in [0.25, 0.3) is 0 Å². The van der Waals surface area contributed by atoms with Gasteiger partial charge in [0.15, 0.2) is 0 Å². The van der Waals surface area contributed by atoms with E-state index in [-0.39, 0.29) is 52.1 Å². The minimum Gasteiger partial charge on any atom is -0.463 e. The second-order valence-electron chi connectivity index (χ2n) is 29.8. The van der Waals surface area contributed by atoms with Gasteiger partial charge in [-0.15, -0.1) is 0 Å². The van der Waals surface area contributed by atoms with Gasteiger partial charge in [0.2, 0.25) is 0 Å². The Morgan fingerprint density at radius 1 is 0.216 bits per heavy atom. The zero-order valence-corrected chi connectivity index (χ0v) is 75.4. The molecule has 0 aliphatic carbocycles. The molecule has 28 nitrogen and oxygen atoms in total. The lowest BCUT2D eigenvalue weighted by molar-refractivity contribution is -0.148. The third-order valence-electron chi connectivity index (χ3n) is 18.1. The molecule has 0 aliphatic heterocycles. The van der Waals surface area contributed by atoms with Gasteiger partial charge in [-0.05, 0) is 128 Å². The number of carbonyl (C=O) groups is 4. The number of ether oxygens (including phenoxy) is 4. The first-order valence-corrected chi connectivity index (χ1v) is 50.3. The van der Waals surface area contributed by atoms with Crippen molar-refractivity contribution in [2.24, 2.45) is 0 Å². The van der Waals surface area contributed by atoms with Crippen LogP contribution in [0.1, 0.15) is 387 Å². The first-order valence-electron chi connectivity index (χ1n) is 44.1. The molecule has 0 rings (SSSR count). The van der Waals surface area contributed by atoms with Crippen molar-refractivity contribution < 1.29 is 134 Å². The number of aliphatic hydroxyl groups is 4. The van der Waals surface area contributed by atoms with Crippen LogP contribution in [0.3, 0.4) is 0 Å². The van der Waals surface area contributed by atoms with Crippen LogP contribution in [0.5, 0.6) is 0 Å².